The summed E-state index contributed by atoms with van der Waals surface area (Å²) in [5.74, 6) is 0. The first-order valence-corrected chi connectivity index (χ1v) is 25.7. The first kappa shape index (κ1) is 50.7. The van der Waals surface area contributed by atoms with Crippen molar-refractivity contribution in [1.82, 2.24) is 0 Å². The maximum absolute atomic E-state index is 9.49. The number of hydrogen-bond donors (Lipinski definition) is 0. The third-order valence-corrected chi connectivity index (χ3v) is 14.2. The van der Waals surface area contributed by atoms with Crippen LogP contribution >= 0.6 is 0 Å². The highest BCUT2D eigenvalue weighted by Crippen LogP contribution is 2.42. The molecule has 0 bridgehead atoms. The maximum Gasteiger partial charge on any atom is 0.0669 e. The van der Waals surface area contributed by atoms with E-state index in [4.69, 9.17) is 0 Å². The topological polar surface area (TPSA) is 143 Å². The van der Waals surface area contributed by atoms with E-state index in [2.05, 4.69) is 182 Å². The number of nitrogens with zero attached hydrogens (tertiary/aromatic N) is 6. The van der Waals surface area contributed by atoms with Gasteiger partial charge in [-0.15, -0.1) is 0 Å². The first-order valence-electron chi connectivity index (χ1n) is 25.7. The SMILES string of the molecule is N#CCc1ccc(-c2cc(-c3ccc(CC#N)cc3)cc(-c3cc(-c4cc(-c5ccc(CC#N)cc5)cc(-c5ccc(CC#N)cc5)c4)cc(-c4cc(-c5ccc(CC#N)cc5)cc(-c5ccc(CC#N)cc5)c4)c3)c2)cc1. The quantitative estimate of drug-likeness (QED) is 0.100. The normalized spacial score (nSPS) is 10.5. The Kier molecular flexibility index (Phi) is 15.3. The number of hydrogen-bond acceptors (Lipinski definition) is 6. The zero-order valence-corrected chi connectivity index (χ0v) is 42.7. The molecule has 0 radical (unpaired) electrons. The van der Waals surface area contributed by atoms with Crippen LogP contribution in [0.4, 0.5) is 0 Å². The largest absolute Gasteiger partial charge is 0.198 e. The molecule has 0 saturated carbocycles. The summed E-state index contributed by atoms with van der Waals surface area (Å²) in [5.41, 5.74) is 23.7. The van der Waals surface area contributed by atoms with E-state index in [9.17, 15) is 31.6 Å². The summed E-state index contributed by atoms with van der Waals surface area (Å²) in [6.07, 6.45) is 1.92. The molecule has 366 valence electrons. The summed E-state index contributed by atoms with van der Waals surface area (Å²) in [6, 6.07) is 89.5. The molecule has 10 aromatic rings. The molecule has 6 heteroatoms. The molecule has 0 amide bonds. The van der Waals surface area contributed by atoms with Crippen molar-refractivity contribution in [2.75, 3.05) is 0 Å². The molecule has 0 aliphatic carbocycles. The van der Waals surface area contributed by atoms with Crippen molar-refractivity contribution in [2.24, 2.45) is 0 Å². The van der Waals surface area contributed by atoms with E-state index in [1.54, 1.807) is 0 Å². The van der Waals surface area contributed by atoms with E-state index in [1.807, 2.05) is 72.8 Å². The van der Waals surface area contributed by atoms with E-state index in [1.165, 1.54) is 0 Å². The van der Waals surface area contributed by atoms with Gasteiger partial charge in [-0.25, -0.2) is 0 Å². The van der Waals surface area contributed by atoms with E-state index in [0.29, 0.717) is 38.5 Å². The fourth-order valence-electron chi connectivity index (χ4n) is 9.95. The highest BCUT2D eigenvalue weighted by Gasteiger charge is 2.16. The van der Waals surface area contributed by atoms with Crippen molar-refractivity contribution in [3.63, 3.8) is 0 Å². The molecule has 0 N–H and O–H groups in total. The summed E-state index contributed by atoms with van der Waals surface area (Å²) in [4.78, 5) is 0. The molecule has 0 atom stereocenters. The van der Waals surface area contributed by atoms with Crippen LogP contribution in [0.15, 0.2) is 218 Å². The van der Waals surface area contributed by atoms with Crippen molar-refractivity contribution in [3.8, 4) is 137 Å². The molecular weight excluding hydrogens is 949 g/mol. The minimum atomic E-state index is 0.319. The lowest BCUT2D eigenvalue weighted by Crippen LogP contribution is -1.92. The zero-order valence-electron chi connectivity index (χ0n) is 42.7. The van der Waals surface area contributed by atoms with Crippen molar-refractivity contribution in [1.29, 1.82) is 31.6 Å². The van der Waals surface area contributed by atoms with Gasteiger partial charge in [-0.2, -0.15) is 31.6 Å². The van der Waals surface area contributed by atoms with Crippen molar-refractivity contribution >= 4 is 0 Å². The molecule has 10 rings (SSSR count). The summed E-state index contributed by atoms with van der Waals surface area (Å²) < 4.78 is 0. The predicted molar refractivity (Wildman–Crippen MR) is 311 cm³/mol. The Balaban J connectivity index is 1.23. The molecular formula is C72H48N6. The van der Waals surface area contributed by atoms with Crippen LogP contribution in [0.3, 0.4) is 0 Å². The number of nitriles is 6. The Morgan fingerprint density at radius 3 is 0.359 bits per heavy atom. The molecule has 0 heterocycles. The van der Waals surface area contributed by atoms with Gasteiger partial charge in [-0.1, -0.05) is 146 Å². The van der Waals surface area contributed by atoms with Crippen molar-refractivity contribution in [3.05, 3.63) is 252 Å². The fraction of sp³-hybridized carbons (Fsp3) is 0.0833. The van der Waals surface area contributed by atoms with Crippen molar-refractivity contribution < 1.29 is 0 Å². The van der Waals surface area contributed by atoms with Crippen LogP contribution < -0.4 is 0 Å². The van der Waals surface area contributed by atoms with E-state index >= 15 is 0 Å². The van der Waals surface area contributed by atoms with Gasteiger partial charge >= 0.3 is 0 Å². The Morgan fingerprint density at radius 1 is 0.154 bits per heavy atom. The fourth-order valence-corrected chi connectivity index (χ4v) is 9.95. The van der Waals surface area contributed by atoms with Crippen LogP contribution in [0.25, 0.3) is 100 Å². The maximum atomic E-state index is 9.49. The van der Waals surface area contributed by atoms with E-state index in [-0.39, 0.29) is 0 Å². The lowest BCUT2D eigenvalue weighted by atomic mass is 9.87. The Bertz CT molecular complexity index is 3420. The predicted octanol–water partition coefficient (Wildman–Crippen LogP) is 17.1. The van der Waals surface area contributed by atoms with Crippen LogP contribution in [-0.4, -0.2) is 0 Å². The Labute approximate surface area is 456 Å². The van der Waals surface area contributed by atoms with Gasteiger partial charge in [0.2, 0.25) is 0 Å². The van der Waals surface area contributed by atoms with Crippen LogP contribution in [0.1, 0.15) is 33.4 Å². The Morgan fingerprint density at radius 2 is 0.256 bits per heavy atom. The summed E-state index contributed by atoms with van der Waals surface area (Å²) in [5, 5.41) is 56.9. The summed E-state index contributed by atoms with van der Waals surface area (Å²) in [7, 11) is 0. The minimum absolute atomic E-state index is 0.319. The molecule has 0 saturated heterocycles. The van der Waals surface area contributed by atoms with E-state index in [0.717, 1.165) is 134 Å². The second kappa shape index (κ2) is 23.6. The van der Waals surface area contributed by atoms with Gasteiger partial charge in [0.1, 0.15) is 0 Å². The highest BCUT2D eigenvalue weighted by molar-refractivity contribution is 5.90. The Hall–Kier alpha value is -10.9. The standard InChI is InChI=1S/C72H48N6/c73-31-25-49-1-13-55(14-2-49)61-37-62(56-15-3-50(4-16-56)26-32-74)41-67(40-61)70-46-71(68-42-63(57-17-5-51(6-18-57)27-33-75)38-64(43-68)58-19-7-52(8-20-58)28-34-76)48-72(47-70)69-44-65(59-21-9-53(10-22-59)29-35-77)39-66(45-69)60-23-11-54(12-24-60)30-36-78/h1-24,37-48H,25-30H2. The van der Waals surface area contributed by atoms with Crippen LogP contribution in [0.2, 0.25) is 0 Å². The van der Waals surface area contributed by atoms with Crippen LogP contribution in [0, 0.1) is 68.0 Å². The second-order valence-electron chi connectivity index (χ2n) is 19.4. The van der Waals surface area contributed by atoms with Gasteiger partial charge < -0.3 is 0 Å². The molecule has 78 heavy (non-hydrogen) atoms. The zero-order chi connectivity index (χ0) is 53.8. The highest BCUT2D eigenvalue weighted by atomic mass is 14.3. The minimum Gasteiger partial charge on any atom is -0.198 e. The number of rotatable bonds is 15. The molecule has 0 fully saturated rings. The van der Waals surface area contributed by atoms with Gasteiger partial charge in [-0.05, 0) is 206 Å². The first-order chi connectivity index (χ1) is 38.3. The third-order valence-electron chi connectivity index (χ3n) is 14.2. The summed E-state index contributed by atoms with van der Waals surface area (Å²) >= 11 is 0. The average Bonchev–Trinajstić information content (AvgIpc) is 3.58. The molecule has 6 nitrogen and oxygen atoms in total. The number of benzene rings is 10. The van der Waals surface area contributed by atoms with Gasteiger partial charge in [0.25, 0.3) is 0 Å². The van der Waals surface area contributed by atoms with E-state index < -0.39 is 0 Å². The van der Waals surface area contributed by atoms with Crippen LogP contribution in [-0.2, 0) is 38.5 Å². The molecule has 0 spiro atoms. The second-order valence-corrected chi connectivity index (χ2v) is 19.4. The van der Waals surface area contributed by atoms with Crippen molar-refractivity contribution in [2.45, 2.75) is 38.5 Å². The monoisotopic (exact) mass is 996 g/mol. The third kappa shape index (κ3) is 11.7. The molecule has 0 unspecified atom stereocenters. The van der Waals surface area contributed by atoms with Gasteiger partial charge in [0, 0.05) is 0 Å². The molecule has 0 aromatic heterocycles. The molecule has 0 aliphatic heterocycles. The molecule has 10 aromatic carbocycles. The summed E-state index contributed by atoms with van der Waals surface area (Å²) in [6.45, 7) is 0. The lowest BCUT2D eigenvalue weighted by molar-refractivity contribution is 1.26. The smallest absolute Gasteiger partial charge is 0.0669 e. The van der Waals surface area contributed by atoms with Gasteiger partial charge in [0.05, 0.1) is 74.9 Å². The lowest BCUT2D eigenvalue weighted by Gasteiger charge is -2.17. The van der Waals surface area contributed by atoms with Gasteiger partial charge in [0.15, 0.2) is 0 Å². The van der Waals surface area contributed by atoms with Gasteiger partial charge in [-0.3, -0.25) is 0 Å². The van der Waals surface area contributed by atoms with Crippen LogP contribution in [0.5, 0.6) is 0 Å². The molecule has 0 aliphatic rings. The average molecular weight is 997 g/mol.